The highest BCUT2D eigenvalue weighted by Crippen LogP contribution is 1.74. The maximum atomic E-state index is 4.00. The molecule has 2 aliphatic rings. The summed E-state index contributed by atoms with van der Waals surface area (Å²) in [6, 6.07) is 0. The standard InChI is InChI=1S/2C4H8N2.2ClH/c2*1-2-5-4-6-3-1;;/h2*4H,1-3H2,(H,5,6);2*1H. The van der Waals surface area contributed by atoms with Crippen LogP contribution >= 0.6 is 0 Å². The molecule has 0 atom stereocenters. The fourth-order valence-corrected chi connectivity index (χ4v) is 1.05. The Morgan fingerprint density at radius 2 is 1.21 bits per heavy atom. The number of nitrogens with two attached hydrogens (primary N) is 2. The van der Waals surface area contributed by atoms with Gasteiger partial charge in [-0.2, -0.15) is 0 Å². The zero-order valence-electron chi connectivity index (χ0n) is 8.20. The molecule has 0 aromatic heterocycles. The second-order valence-electron chi connectivity index (χ2n) is 2.87. The molecule has 2 aliphatic heterocycles. The van der Waals surface area contributed by atoms with E-state index in [1.165, 1.54) is 25.9 Å². The quantitative estimate of drug-likeness (QED) is 0.423. The van der Waals surface area contributed by atoms with E-state index in [-0.39, 0.29) is 24.8 Å². The molecule has 0 unspecified atom stereocenters. The van der Waals surface area contributed by atoms with Gasteiger partial charge in [0.1, 0.15) is 0 Å². The molecular weight excluding hydrogens is 223 g/mol. The molecule has 4 nitrogen and oxygen atoms in total. The molecule has 0 radical (unpaired) electrons. The highest BCUT2D eigenvalue weighted by atomic mass is 35.5. The summed E-state index contributed by atoms with van der Waals surface area (Å²) in [5.41, 5.74) is 0. The highest BCUT2D eigenvalue weighted by molar-refractivity contribution is 5.42. The van der Waals surface area contributed by atoms with Crippen molar-refractivity contribution in [2.45, 2.75) is 12.8 Å². The van der Waals surface area contributed by atoms with Crippen molar-refractivity contribution in [1.29, 1.82) is 0 Å². The number of halogens is 2. The van der Waals surface area contributed by atoms with E-state index < -0.39 is 0 Å². The topological polar surface area (TPSA) is 57.9 Å². The van der Waals surface area contributed by atoms with E-state index in [0.717, 1.165) is 13.1 Å². The molecule has 0 aromatic carbocycles. The van der Waals surface area contributed by atoms with Gasteiger partial charge < -0.3 is 35.4 Å². The Morgan fingerprint density at radius 3 is 1.29 bits per heavy atom. The van der Waals surface area contributed by atoms with Crippen LogP contribution < -0.4 is 35.4 Å². The monoisotopic (exact) mass is 240 g/mol. The first-order valence-corrected chi connectivity index (χ1v) is 4.63. The van der Waals surface area contributed by atoms with Crippen LogP contribution in [0.15, 0.2) is 9.98 Å². The Kier molecular flexibility index (Phi) is 14.9. The van der Waals surface area contributed by atoms with E-state index in [0.29, 0.717) is 0 Å². The summed E-state index contributed by atoms with van der Waals surface area (Å²) in [5, 5.41) is 4.20. The lowest BCUT2D eigenvalue weighted by Gasteiger charge is -1.96. The molecule has 0 saturated carbocycles. The zero-order chi connectivity index (χ0) is 8.49. The van der Waals surface area contributed by atoms with Crippen LogP contribution in [-0.2, 0) is 0 Å². The van der Waals surface area contributed by atoms with E-state index in [4.69, 9.17) is 0 Å². The maximum absolute atomic E-state index is 4.00. The molecule has 0 aromatic rings. The molecule has 0 spiro atoms. The minimum Gasteiger partial charge on any atom is -1.00 e. The van der Waals surface area contributed by atoms with Gasteiger partial charge in [0.25, 0.3) is 0 Å². The molecule has 6 heteroatoms. The highest BCUT2D eigenvalue weighted by Gasteiger charge is 1.90. The van der Waals surface area contributed by atoms with Crippen molar-refractivity contribution in [3.8, 4) is 0 Å². The van der Waals surface area contributed by atoms with E-state index in [9.17, 15) is 0 Å². The SMILES string of the molecule is C1=NCCC[NH2+]1.C1=NCCC[NH2+]1.[Cl-].[Cl-]. The van der Waals surface area contributed by atoms with Crippen LogP contribution in [-0.4, -0.2) is 38.9 Å². The van der Waals surface area contributed by atoms with Crippen LogP contribution in [0.1, 0.15) is 12.8 Å². The number of quaternary nitrogens is 2. The van der Waals surface area contributed by atoms with Crippen molar-refractivity contribution in [3.05, 3.63) is 0 Å². The summed E-state index contributed by atoms with van der Waals surface area (Å²) in [6.07, 6.45) is 6.28. The van der Waals surface area contributed by atoms with Gasteiger partial charge in [0.2, 0.25) is 0 Å². The summed E-state index contributed by atoms with van der Waals surface area (Å²) < 4.78 is 0. The summed E-state index contributed by atoms with van der Waals surface area (Å²) in [7, 11) is 0. The third-order valence-electron chi connectivity index (χ3n) is 1.74. The molecule has 4 N–H and O–H groups in total. The molecular formula is C8H18Cl2N4. The largest absolute Gasteiger partial charge is 1.00 e. The van der Waals surface area contributed by atoms with Crippen molar-refractivity contribution in [3.63, 3.8) is 0 Å². The Hall–Kier alpha value is -0.160. The normalized spacial score (nSPS) is 18.3. The Bertz CT molecular complexity index is 127. The molecule has 0 saturated heterocycles. The predicted octanol–water partition coefficient (Wildman–Crippen LogP) is -8.03. The first-order valence-electron chi connectivity index (χ1n) is 4.63. The van der Waals surface area contributed by atoms with Crippen LogP contribution in [0.5, 0.6) is 0 Å². The van der Waals surface area contributed by atoms with Gasteiger partial charge >= 0.3 is 0 Å². The van der Waals surface area contributed by atoms with Crippen LogP contribution in [0.2, 0.25) is 0 Å². The Morgan fingerprint density at radius 1 is 0.786 bits per heavy atom. The molecule has 84 valence electrons. The second-order valence-corrected chi connectivity index (χ2v) is 2.87. The first kappa shape index (κ1) is 16.3. The zero-order valence-corrected chi connectivity index (χ0v) is 9.71. The van der Waals surface area contributed by atoms with Crippen molar-refractivity contribution >= 4 is 12.7 Å². The predicted molar refractivity (Wildman–Crippen MR) is 49.5 cm³/mol. The molecule has 0 amide bonds. The van der Waals surface area contributed by atoms with Gasteiger partial charge in [-0.3, -0.25) is 0 Å². The average molecular weight is 241 g/mol. The third kappa shape index (κ3) is 9.92. The summed E-state index contributed by atoms with van der Waals surface area (Å²) in [5.74, 6) is 0. The number of nitrogens with zero attached hydrogens (tertiary/aromatic N) is 2. The first-order chi connectivity index (χ1) is 6.00. The smallest absolute Gasteiger partial charge is 0.181 e. The van der Waals surface area contributed by atoms with Gasteiger partial charge in [0.15, 0.2) is 12.7 Å². The molecule has 0 fully saturated rings. The van der Waals surface area contributed by atoms with Crippen molar-refractivity contribution in [2.75, 3.05) is 26.2 Å². The molecule has 2 rings (SSSR count). The van der Waals surface area contributed by atoms with Gasteiger partial charge in [0, 0.05) is 25.9 Å². The molecule has 2 heterocycles. The minimum absolute atomic E-state index is 0. The van der Waals surface area contributed by atoms with Gasteiger partial charge in [0.05, 0.1) is 13.1 Å². The third-order valence-corrected chi connectivity index (χ3v) is 1.74. The van der Waals surface area contributed by atoms with Gasteiger partial charge in [-0.25, -0.2) is 9.98 Å². The Balaban J connectivity index is 0. The number of hydrogen-bond donors (Lipinski definition) is 2. The fraction of sp³-hybridized carbons (Fsp3) is 0.750. The van der Waals surface area contributed by atoms with Crippen LogP contribution in [0.25, 0.3) is 0 Å². The lowest BCUT2D eigenvalue weighted by molar-refractivity contribution is -0.534. The minimum atomic E-state index is 0. The van der Waals surface area contributed by atoms with E-state index >= 15 is 0 Å². The number of rotatable bonds is 0. The molecule has 0 bridgehead atoms. The van der Waals surface area contributed by atoms with Crippen LogP contribution in [0.4, 0.5) is 0 Å². The van der Waals surface area contributed by atoms with Crippen molar-refractivity contribution < 1.29 is 35.4 Å². The molecule has 14 heavy (non-hydrogen) atoms. The summed E-state index contributed by atoms with van der Waals surface area (Å²) in [6.45, 7) is 4.53. The van der Waals surface area contributed by atoms with E-state index in [1.807, 2.05) is 12.7 Å². The summed E-state index contributed by atoms with van der Waals surface area (Å²) >= 11 is 0. The maximum Gasteiger partial charge on any atom is 0.181 e. The second kappa shape index (κ2) is 12.8. The summed E-state index contributed by atoms with van der Waals surface area (Å²) in [4.78, 5) is 7.99. The Labute approximate surface area is 97.5 Å². The number of hydrogen-bond acceptors (Lipinski definition) is 2. The van der Waals surface area contributed by atoms with Gasteiger partial charge in [-0.1, -0.05) is 0 Å². The van der Waals surface area contributed by atoms with Crippen LogP contribution in [0.3, 0.4) is 0 Å². The fourth-order valence-electron chi connectivity index (χ4n) is 1.05. The average Bonchev–Trinajstić information content (AvgIpc) is 2.24. The van der Waals surface area contributed by atoms with Gasteiger partial charge in [-0.05, 0) is 0 Å². The molecule has 0 aliphatic carbocycles. The van der Waals surface area contributed by atoms with Crippen molar-refractivity contribution in [2.24, 2.45) is 9.98 Å². The number of aliphatic imine (C=N–C) groups is 2. The lowest BCUT2D eigenvalue weighted by atomic mass is 10.4. The lowest BCUT2D eigenvalue weighted by Crippen LogP contribution is -3.00. The van der Waals surface area contributed by atoms with E-state index in [1.54, 1.807) is 0 Å². The van der Waals surface area contributed by atoms with E-state index in [2.05, 4.69) is 20.6 Å². The van der Waals surface area contributed by atoms with Crippen LogP contribution in [0, 0.1) is 0 Å². The van der Waals surface area contributed by atoms with Gasteiger partial charge in [-0.15, -0.1) is 0 Å². The van der Waals surface area contributed by atoms with Crippen molar-refractivity contribution in [1.82, 2.24) is 0 Å².